The molecular formula is C26H26F9NO. The van der Waals surface area contributed by atoms with Gasteiger partial charge in [-0.1, -0.05) is 26.0 Å². The van der Waals surface area contributed by atoms with E-state index in [1.165, 1.54) is 4.90 Å². The number of carbonyl (C=O) groups excluding carboxylic acids is 1. The maximum absolute atomic E-state index is 14.0. The highest BCUT2D eigenvalue weighted by Gasteiger charge is 2.42. The van der Waals surface area contributed by atoms with Gasteiger partial charge in [0, 0.05) is 31.5 Å². The second-order valence-corrected chi connectivity index (χ2v) is 9.65. The highest BCUT2D eigenvalue weighted by atomic mass is 19.4. The number of ketones is 1. The highest BCUT2D eigenvalue weighted by Crippen LogP contribution is 2.45. The van der Waals surface area contributed by atoms with Crippen LogP contribution < -0.4 is 0 Å². The van der Waals surface area contributed by atoms with E-state index >= 15 is 0 Å². The number of hydrogen-bond acceptors (Lipinski definition) is 2. The van der Waals surface area contributed by atoms with E-state index in [0.717, 1.165) is 24.3 Å². The quantitative estimate of drug-likeness (QED) is 0.343. The Labute approximate surface area is 208 Å². The zero-order valence-electron chi connectivity index (χ0n) is 20.1. The second-order valence-electron chi connectivity index (χ2n) is 9.65. The largest absolute Gasteiger partial charge is 0.416 e. The predicted molar refractivity (Wildman–Crippen MR) is 118 cm³/mol. The summed E-state index contributed by atoms with van der Waals surface area (Å²) in [6.07, 6.45) is -14.2. The summed E-state index contributed by atoms with van der Waals surface area (Å²) in [6.45, 7) is 3.60. The van der Waals surface area contributed by atoms with Gasteiger partial charge in [0.05, 0.1) is 16.7 Å². The zero-order chi connectivity index (χ0) is 27.8. The van der Waals surface area contributed by atoms with Crippen LogP contribution in [0, 0.1) is 5.92 Å². The SMILES string of the molecule is CC(C)CCC(c1cc(C(F)(F)F)ccc1C(F)(F)F)N1CCC(=O)CC1c1ccc(C(F)(F)F)cc1. The van der Waals surface area contributed by atoms with E-state index in [-0.39, 0.29) is 43.1 Å². The third-order valence-corrected chi connectivity index (χ3v) is 6.55. The van der Waals surface area contributed by atoms with Gasteiger partial charge in [0.2, 0.25) is 0 Å². The maximum Gasteiger partial charge on any atom is 0.416 e. The number of benzene rings is 2. The number of rotatable bonds is 6. The summed E-state index contributed by atoms with van der Waals surface area (Å²) >= 11 is 0. The van der Waals surface area contributed by atoms with Crippen LogP contribution in [0.5, 0.6) is 0 Å². The van der Waals surface area contributed by atoms with Crippen molar-refractivity contribution in [2.75, 3.05) is 6.54 Å². The van der Waals surface area contributed by atoms with Crippen LogP contribution >= 0.6 is 0 Å². The molecule has 0 radical (unpaired) electrons. The molecule has 1 aliphatic rings. The van der Waals surface area contributed by atoms with Crippen LogP contribution in [0.15, 0.2) is 42.5 Å². The molecule has 3 rings (SSSR count). The van der Waals surface area contributed by atoms with Gasteiger partial charge in [0.1, 0.15) is 5.78 Å². The van der Waals surface area contributed by atoms with Gasteiger partial charge in [0.25, 0.3) is 0 Å². The lowest BCUT2D eigenvalue weighted by Crippen LogP contribution is -2.40. The number of hydrogen-bond donors (Lipinski definition) is 0. The number of alkyl halides is 9. The lowest BCUT2D eigenvalue weighted by atomic mass is 9.86. The molecule has 11 heteroatoms. The van der Waals surface area contributed by atoms with Crippen molar-refractivity contribution in [3.8, 4) is 0 Å². The number of nitrogens with zero attached hydrogens (tertiary/aromatic N) is 1. The topological polar surface area (TPSA) is 20.3 Å². The normalized spacial score (nSPS) is 18.9. The molecule has 2 unspecified atom stereocenters. The van der Waals surface area contributed by atoms with Gasteiger partial charge in [-0.05, 0) is 60.2 Å². The van der Waals surface area contributed by atoms with Gasteiger partial charge in [-0.15, -0.1) is 0 Å². The highest BCUT2D eigenvalue weighted by molar-refractivity contribution is 5.80. The number of Topliss-reactive ketones (excluding diaryl/α,β-unsaturated/α-hetero) is 1. The number of halogens is 9. The second kappa shape index (κ2) is 10.7. The van der Waals surface area contributed by atoms with E-state index in [1.807, 2.05) is 13.8 Å². The fourth-order valence-electron chi connectivity index (χ4n) is 4.69. The average Bonchev–Trinajstić information content (AvgIpc) is 2.78. The van der Waals surface area contributed by atoms with Gasteiger partial charge in [-0.3, -0.25) is 9.69 Å². The van der Waals surface area contributed by atoms with E-state index in [0.29, 0.717) is 24.6 Å². The Kier molecular flexibility index (Phi) is 8.36. The molecule has 2 aromatic carbocycles. The Morgan fingerprint density at radius 2 is 1.38 bits per heavy atom. The van der Waals surface area contributed by atoms with Crippen LogP contribution in [0.3, 0.4) is 0 Å². The molecule has 1 fully saturated rings. The van der Waals surface area contributed by atoms with Gasteiger partial charge >= 0.3 is 18.5 Å². The van der Waals surface area contributed by atoms with Crippen LogP contribution in [-0.2, 0) is 23.3 Å². The van der Waals surface area contributed by atoms with Crippen molar-refractivity contribution < 1.29 is 44.3 Å². The third-order valence-electron chi connectivity index (χ3n) is 6.55. The Balaban J connectivity index is 2.16. The minimum atomic E-state index is -4.94. The summed E-state index contributed by atoms with van der Waals surface area (Å²) in [4.78, 5) is 13.9. The maximum atomic E-state index is 14.0. The summed E-state index contributed by atoms with van der Waals surface area (Å²) < 4.78 is 122. The molecule has 2 atom stereocenters. The molecule has 2 nitrogen and oxygen atoms in total. The first kappa shape index (κ1) is 29.0. The van der Waals surface area contributed by atoms with Crippen molar-refractivity contribution in [2.45, 2.75) is 70.1 Å². The van der Waals surface area contributed by atoms with Gasteiger partial charge in [-0.2, -0.15) is 39.5 Å². The van der Waals surface area contributed by atoms with E-state index in [1.54, 1.807) is 0 Å². The molecule has 0 bridgehead atoms. The minimum Gasteiger partial charge on any atom is -0.300 e. The first-order valence-corrected chi connectivity index (χ1v) is 11.7. The minimum absolute atomic E-state index is 0.0126. The van der Waals surface area contributed by atoms with Gasteiger partial charge in [0.15, 0.2) is 0 Å². The Bertz CT molecular complexity index is 1090. The number of piperidine rings is 1. The monoisotopic (exact) mass is 539 g/mol. The van der Waals surface area contributed by atoms with Crippen molar-refractivity contribution >= 4 is 5.78 Å². The van der Waals surface area contributed by atoms with E-state index in [9.17, 15) is 44.3 Å². The predicted octanol–water partition coefficient (Wildman–Crippen LogP) is 8.63. The number of likely N-dealkylation sites (tertiary alicyclic amines) is 1. The fourth-order valence-corrected chi connectivity index (χ4v) is 4.69. The molecule has 0 amide bonds. The van der Waals surface area contributed by atoms with Crippen LogP contribution in [-0.4, -0.2) is 17.2 Å². The first-order valence-electron chi connectivity index (χ1n) is 11.7. The van der Waals surface area contributed by atoms with E-state index in [2.05, 4.69) is 0 Å². The summed E-state index contributed by atoms with van der Waals surface area (Å²) in [7, 11) is 0. The molecule has 37 heavy (non-hydrogen) atoms. The molecular weight excluding hydrogens is 513 g/mol. The van der Waals surface area contributed by atoms with Crippen LogP contribution in [0.25, 0.3) is 0 Å². The summed E-state index contributed by atoms with van der Waals surface area (Å²) in [5.41, 5.74) is -3.66. The lowest BCUT2D eigenvalue weighted by molar-refractivity contribution is -0.142. The van der Waals surface area contributed by atoms with Gasteiger partial charge in [-0.25, -0.2) is 0 Å². The molecule has 0 spiro atoms. The zero-order valence-corrected chi connectivity index (χ0v) is 20.1. The van der Waals surface area contributed by atoms with E-state index in [4.69, 9.17) is 0 Å². The Morgan fingerprint density at radius 1 is 0.811 bits per heavy atom. The fraction of sp³-hybridized carbons (Fsp3) is 0.500. The summed E-state index contributed by atoms with van der Waals surface area (Å²) in [6, 6.07) is 3.24. The molecule has 0 aliphatic carbocycles. The Hall–Kier alpha value is -2.56. The molecule has 0 saturated carbocycles. The van der Waals surface area contributed by atoms with Crippen molar-refractivity contribution in [1.29, 1.82) is 0 Å². The van der Waals surface area contributed by atoms with Crippen molar-refractivity contribution in [3.63, 3.8) is 0 Å². The summed E-state index contributed by atoms with van der Waals surface area (Å²) in [5.74, 6) is -0.220. The lowest BCUT2D eigenvalue weighted by Gasteiger charge is -2.42. The summed E-state index contributed by atoms with van der Waals surface area (Å²) in [5, 5.41) is 0. The smallest absolute Gasteiger partial charge is 0.300 e. The van der Waals surface area contributed by atoms with Gasteiger partial charge < -0.3 is 0 Å². The number of carbonyl (C=O) groups is 1. The van der Waals surface area contributed by atoms with Crippen LogP contribution in [0.1, 0.15) is 79.4 Å². The standard InChI is InChI=1S/C26H26F9NO/c1-15(2)3-10-22(20-13-18(25(30,31)32)8-9-21(20)26(33,34)35)36-12-11-19(37)14-23(36)16-4-6-17(7-5-16)24(27,28)29/h4-9,13,15,22-23H,3,10-12,14H2,1-2H3. The average molecular weight is 539 g/mol. The first-order chi connectivity index (χ1) is 17.0. The third kappa shape index (κ3) is 7.06. The van der Waals surface area contributed by atoms with Crippen LogP contribution in [0.4, 0.5) is 39.5 Å². The molecule has 1 aliphatic heterocycles. The van der Waals surface area contributed by atoms with Crippen LogP contribution in [0.2, 0.25) is 0 Å². The molecule has 2 aromatic rings. The molecule has 1 heterocycles. The van der Waals surface area contributed by atoms with Crippen molar-refractivity contribution in [2.24, 2.45) is 5.92 Å². The molecule has 1 saturated heterocycles. The molecule has 0 aromatic heterocycles. The van der Waals surface area contributed by atoms with Crippen molar-refractivity contribution in [1.82, 2.24) is 4.90 Å². The molecule has 204 valence electrons. The van der Waals surface area contributed by atoms with Crippen molar-refractivity contribution in [3.05, 3.63) is 70.3 Å². The molecule has 0 N–H and O–H groups in total. The Morgan fingerprint density at radius 3 is 1.89 bits per heavy atom. The van der Waals surface area contributed by atoms with E-state index < -0.39 is 52.9 Å².